The van der Waals surface area contributed by atoms with Crippen LogP contribution in [0.3, 0.4) is 0 Å². The molecule has 0 heterocycles. The predicted molar refractivity (Wildman–Crippen MR) is 88.7 cm³/mol. The molecule has 0 radical (unpaired) electrons. The zero-order valence-corrected chi connectivity index (χ0v) is 12.8. The summed E-state index contributed by atoms with van der Waals surface area (Å²) in [7, 11) is 0. The lowest BCUT2D eigenvalue weighted by Crippen LogP contribution is -2.34. The van der Waals surface area contributed by atoms with Crippen molar-refractivity contribution in [2.45, 2.75) is 31.3 Å². The van der Waals surface area contributed by atoms with Crippen molar-refractivity contribution in [3.8, 4) is 0 Å². The third kappa shape index (κ3) is 4.00. The molecule has 2 aromatic rings. The number of halogens is 1. The van der Waals surface area contributed by atoms with Gasteiger partial charge in [0.05, 0.1) is 0 Å². The van der Waals surface area contributed by atoms with Gasteiger partial charge in [0.1, 0.15) is 5.82 Å². The molecule has 2 amide bonds. The van der Waals surface area contributed by atoms with E-state index < -0.39 is 6.03 Å². The Labute approximate surface area is 134 Å². The van der Waals surface area contributed by atoms with E-state index in [1.54, 1.807) is 12.1 Å². The smallest absolute Gasteiger partial charge is 0.312 e. The molecule has 3 rings (SSSR count). The van der Waals surface area contributed by atoms with Gasteiger partial charge in [0.15, 0.2) is 0 Å². The lowest BCUT2D eigenvalue weighted by atomic mass is 9.76. The summed E-state index contributed by atoms with van der Waals surface area (Å²) in [6.07, 6.45) is 2.02. The molecule has 1 aliphatic rings. The minimum atomic E-state index is -0.523. The fourth-order valence-electron chi connectivity index (χ4n) is 2.91. The van der Waals surface area contributed by atoms with Crippen LogP contribution in [0, 0.1) is 5.82 Å². The van der Waals surface area contributed by atoms with E-state index in [1.165, 1.54) is 6.07 Å². The predicted octanol–water partition coefficient (Wildman–Crippen LogP) is 3.35. The van der Waals surface area contributed by atoms with Gasteiger partial charge in [0.2, 0.25) is 0 Å². The van der Waals surface area contributed by atoms with E-state index in [2.05, 4.69) is 10.6 Å². The summed E-state index contributed by atoms with van der Waals surface area (Å²) in [5, 5.41) is 6.04. The molecule has 0 saturated heterocycles. The number of hydrogen-bond acceptors (Lipinski definition) is 2. The van der Waals surface area contributed by atoms with E-state index in [4.69, 9.17) is 5.73 Å². The monoisotopic (exact) mass is 313 g/mol. The van der Waals surface area contributed by atoms with Crippen molar-refractivity contribution in [3.05, 3.63) is 65.5 Å². The van der Waals surface area contributed by atoms with Crippen molar-refractivity contribution in [2.75, 3.05) is 5.32 Å². The summed E-state index contributed by atoms with van der Waals surface area (Å²) >= 11 is 0. The number of nitrogens with one attached hydrogen (secondary N) is 2. The minimum absolute atomic E-state index is 0.168. The second-order valence-electron chi connectivity index (χ2n) is 5.98. The highest BCUT2D eigenvalue weighted by Crippen LogP contribution is 2.38. The first-order chi connectivity index (χ1) is 11.1. The molecule has 0 aromatic heterocycles. The van der Waals surface area contributed by atoms with Gasteiger partial charge in [-0.2, -0.15) is 0 Å². The van der Waals surface area contributed by atoms with Crippen LogP contribution in [-0.2, 0) is 6.54 Å². The van der Waals surface area contributed by atoms with E-state index in [-0.39, 0.29) is 5.82 Å². The van der Waals surface area contributed by atoms with Crippen molar-refractivity contribution < 1.29 is 9.18 Å². The van der Waals surface area contributed by atoms with Gasteiger partial charge < -0.3 is 16.4 Å². The first-order valence-electron chi connectivity index (χ1n) is 7.74. The van der Waals surface area contributed by atoms with Crippen LogP contribution in [0.4, 0.5) is 14.9 Å². The summed E-state index contributed by atoms with van der Waals surface area (Å²) in [5.41, 5.74) is 8.18. The van der Waals surface area contributed by atoms with Crippen LogP contribution in [-0.4, -0.2) is 12.1 Å². The Bertz CT molecular complexity index is 681. The molecule has 5 heteroatoms. The molecule has 1 saturated carbocycles. The van der Waals surface area contributed by atoms with Gasteiger partial charge in [-0.3, -0.25) is 0 Å². The van der Waals surface area contributed by atoms with E-state index in [0.29, 0.717) is 18.5 Å². The molecule has 0 spiro atoms. The van der Waals surface area contributed by atoms with Gasteiger partial charge in [0, 0.05) is 18.3 Å². The number of amides is 2. The normalized spacial score (nSPS) is 19.7. The Hall–Kier alpha value is -2.56. The lowest BCUT2D eigenvalue weighted by molar-refractivity contribution is 0.248. The maximum Gasteiger partial charge on any atom is 0.312 e. The molecular weight excluding hydrogens is 293 g/mol. The van der Waals surface area contributed by atoms with Crippen molar-refractivity contribution in [3.63, 3.8) is 0 Å². The maximum atomic E-state index is 13.2. The van der Waals surface area contributed by atoms with Crippen molar-refractivity contribution in [2.24, 2.45) is 5.73 Å². The summed E-state index contributed by atoms with van der Waals surface area (Å²) < 4.78 is 13.2. The fraction of sp³-hybridized carbons (Fsp3) is 0.278. The quantitative estimate of drug-likeness (QED) is 0.792. The highest BCUT2D eigenvalue weighted by Gasteiger charge is 2.30. The zero-order valence-electron chi connectivity index (χ0n) is 12.8. The van der Waals surface area contributed by atoms with Gasteiger partial charge in [0.25, 0.3) is 0 Å². The Morgan fingerprint density at radius 1 is 1.17 bits per heavy atom. The van der Waals surface area contributed by atoms with E-state index in [1.807, 2.05) is 30.3 Å². The first-order valence-corrected chi connectivity index (χ1v) is 7.74. The highest BCUT2D eigenvalue weighted by molar-refractivity contribution is 5.71. The fourth-order valence-corrected chi connectivity index (χ4v) is 2.91. The van der Waals surface area contributed by atoms with Crippen LogP contribution in [0.2, 0.25) is 0 Å². The second kappa shape index (κ2) is 6.69. The van der Waals surface area contributed by atoms with Crippen LogP contribution in [0.15, 0.2) is 48.5 Å². The number of rotatable bonds is 5. The van der Waals surface area contributed by atoms with Gasteiger partial charge >= 0.3 is 6.03 Å². The van der Waals surface area contributed by atoms with E-state index >= 15 is 0 Å². The molecule has 4 N–H and O–H groups in total. The number of nitrogens with two attached hydrogens (primary N) is 1. The van der Waals surface area contributed by atoms with Crippen LogP contribution >= 0.6 is 0 Å². The molecule has 0 bridgehead atoms. The van der Waals surface area contributed by atoms with Crippen LogP contribution in [0.5, 0.6) is 0 Å². The molecule has 120 valence electrons. The first kappa shape index (κ1) is 15.3. The Balaban J connectivity index is 1.49. The third-order valence-corrected chi connectivity index (χ3v) is 4.25. The number of primary amides is 1. The SMILES string of the molecule is NC(=O)NCc1ccc(NC2CC(c3cccc(F)c3)C2)cc1. The Morgan fingerprint density at radius 2 is 1.91 bits per heavy atom. The number of hydrogen-bond donors (Lipinski definition) is 3. The van der Waals surface area contributed by atoms with Crippen LogP contribution < -0.4 is 16.4 Å². The topological polar surface area (TPSA) is 67.2 Å². The average Bonchev–Trinajstić information content (AvgIpc) is 2.49. The van der Waals surface area contributed by atoms with E-state index in [0.717, 1.165) is 29.7 Å². The molecule has 0 unspecified atom stereocenters. The standard InChI is InChI=1S/C18H20FN3O/c19-15-3-1-2-13(8-15)14-9-17(10-14)22-16-6-4-12(5-7-16)11-21-18(20)23/h1-8,14,17,22H,9-11H2,(H3,20,21,23). The Kier molecular flexibility index (Phi) is 4.46. The molecule has 0 atom stereocenters. The Morgan fingerprint density at radius 3 is 2.57 bits per heavy atom. The van der Waals surface area contributed by atoms with E-state index in [9.17, 15) is 9.18 Å². The molecule has 0 aliphatic heterocycles. The van der Waals surface area contributed by atoms with Crippen molar-refractivity contribution >= 4 is 11.7 Å². The highest BCUT2D eigenvalue weighted by atomic mass is 19.1. The minimum Gasteiger partial charge on any atom is -0.382 e. The second-order valence-corrected chi connectivity index (χ2v) is 5.98. The van der Waals surface area contributed by atoms with Crippen molar-refractivity contribution in [1.29, 1.82) is 0 Å². The number of anilines is 1. The van der Waals surface area contributed by atoms with Crippen molar-refractivity contribution in [1.82, 2.24) is 5.32 Å². The number of carbonyl (C=O) groups excluding carboxylic acids is 1. The molecular formula is C18H20FN3O. The number of benzene rings is 2. The molecule has 1 fully saturated rings. The van der Waals surface area contributed by atoms with Gasteiger partial charge in [-0.05, 0) is 54.2 Å². The summed E-state index contributed by atoms with van der Waals surface area (Å²) in [4.78, 5) is 10.7. The van der Waals surface area contributed by atoms with Crippen LogP contribution in [0.25, 0.3) is 0 Å². The molecule has 4 nitrogen and oxygen atoms in total. The molecule has 23 heavy (non-hydrogen) atoms. The summed E-state index contributed by atoms with van der Waals surface area (Å²) in [5.74, 6) is 0.265. The molecule has 1 aliphatic carbocycles. The largest absolute Gasteiger partial charge is 0.382 e. The number of urea groups is 1. The average molecular weight is 313 g/mol. The summed E-state index contributed by atoms with van der Waals surface area (Å²) in [6, 6.07) is 14.7. The number of carbonyl (C=O) groups is 1. The van der Waals surface area contributed by atoms with Crippen LogP contribution in [0.1, 0.15) is 29.9 Å². The molecule has 2 aromatic carbocycles. The zero-order chi connectivity index (χ0) is 16.2. The third-order valence-electron chi connectivity index (χ3n) is 4.25. The van der Waals surface area contributed by atoms with Gasteiger partial charge in [-0.1, -0.05) is 24.3 Å². The maximum absolute atomic E-state index is 13.2. The summed E-state index contributed by atoms with van der Waals surface area (Å²) in [6.45, 7) is 0.431. The van der Waals surface area contributed by atoms with Gasteiger partial charge in [-0.15, -0.1) is 0 Å². The lowest BCUT2D eigenvalue weighted by Gasteiger charge is -2.37. The van der Waals surface area contributed by atoms with Gasteiger partial charge in [-0.25, -0.2) is 9.18 Å².